The second-order valence-electron chi connectivity index (χ2n) is 3.82. The minimum absolute atomic E-state index is 0.195. The highest BCUT2D eigenvalue weighted by molar-refractivity contribution is 5.96. The molecule has 1 heterocycles. The maximum absolute atomic E-state index is 11.6. The monoisotopic (exact) mass is 180 g/mol. The summed E-state index contributed by atoms with van der Waals surface area (Å²) in [6.45, 7) is 5.96. The SMILES string of the molecule is Cc1nn(C)cc1C(=O)CC(C)C. The van der Waals surface area contributed by atoms with E-state index in [1.165, 1.54) is 0 Å². The molecule has 0 radical (unpaired) electrons. The molecule has 3 heteroatoms. The third kappa shape index (κ3) is 2.41. The predicted octanol–water partition coefficient (Wildman–Crippen LogP) is 1.96. The van der Waals surface area contributed by atoms with Gasteiger partial charge in [-0.15, -0.1) is 0 Å². The van der Waals surface area contributed by atoms with Gasteiger partial charge in [-0.1, -0.05) is 13.8 Å². The van der Waals surface area contributed by atoms with E-state index >= 15 is 0 Å². The van der Waals surface area contributed by atoms with Crippen molar-refractivity contribution in [2.24, 2.45) is 13.0 Å². The van der Waals surface area contributed by atoms with Crippen LogP contribution < -0.4 is 0 Å². The van der Waals surface area contributed by atoms with Crippen molar-refractivity contribution in [1.29, 1.82) is 0 Å². The highest BCUT2D eigenvalue weighted by atomic mass is 16.1. The van der Waals surface area contributed by atoms with Crippen LogP contribution in [0.15, 0.2) is 6.20 Å². The summed E-state index contributed by atoms with van der Waals surface area (Å²) in [5.41, 5.74) is 1.59. The van der Waals surface area contributed by atoms with Crippen molar-refractivity contribution in [1.82, 2.24) is 9.78 Å². The Morgan fingerprint density at radius 2 is 2.23 bits per heavy atom. The van der Waals surface area contributed by atoms with Crippen molar-refractivity contribution < 1.29 is 4.79 Å². The molecule has 0 N–H and O–H groups in total. The largest absolute Gasteiger partial charge is 0.294 e. The molecule has 0 fully saturated rings. The Bertz CT molecular complexity index is 313. The fourth-order valence-corrected chi connectivity index (χ4v) is 1.35. The average molecular weight is 180 g/mol. The first-order chi connectivity index (χ1) is 6.00. The van der Waals surface area contributed by atoms with Crippen LogP contribution in [0.1, 0.15) is 36.3 Å². The van der Waals surface area contributed by atoms with E-state index in [4.69, 9.17) is 0 Å². The molecule has 72 valence electrons. The van der Waals surface area contributed by atoms with Gasteiger partial charge in [0.15, 0.2) is 5.78 Å². The summed E-state index contributed by atoms with van der Waals surface area (Å²) in [5, 5.41) is 4.14. The normalized spacial score (nSPS) is 10.8. The summed E-state index contributed by atoms with van der Waals surface area (Å²) in [6.07, 6.45) is 2.40. The molecule has 0 spiro atoms. The van der Waals surface area contributed by atoms with Crippen LogP contribution in [0.4, 0.5) is 0 Å². The zero-order chi connectivity index (χ0) is 10.0. The average Bonchev–Trinajstić information content (AvgIpc) is 2.28. The van der Waals surface area contributed by atoms with Crippen molar-refractivity contribution >= 4 is 5.78 Å². The van der Waals surface area contributed by atoms with Crippen LogP contribution in [-0.2, 0) is 7.05 Å². The maximum Gasteiger partial charge on any atom is 0.166 e. The number of hydrogen-bond acceptors (Lipinski definition) is 2. The molecule has 0 unspecified atom stereocenters. The highest BCUT2D eigenvalue weighted by Gasteiger charge is 2.13. The van der Waals surface area contributed by atoms with Crippen molar-refractivity contribution in [2.45, 2.75) is 27.2 Å². The lowest BCUT2D eigenvalue weighted by Crippen LogP contribution is -2.03. The molecule has 1 rings (SSSR count). The van der Waals surface area contributed by atoms with Crippen molar-refractivity contribution in [3.8, 4) is 0 Å². The second-order valence-corrected chi connectivity index (χ2v) is 3.82. The van der Waals surface area contributed by atoms with Crippen LogP contribution in [-0.4, -0.2) is 15.6 Å². The lowest BCUT2D eigenvalue weighted by molar-refractivity contribution is 0.0967. The highest BCUT2D eigenvalue weighted by Crippen LogP contribution is 2.11. The fraction of sp³-hybridized carbons (Fsp3) is 0.600. The summed E-state index contributed by atoms with van der Waals surface area (Å²) in [5.74, 6) is 0.604. The van der Waals surface area contributed by atoms with Gasteiger partial charge in [-0.25, -0.2) is 0 Å². The number of hydrogen-bond donors (Lipinski definition) is 0. The first-order valence-electron chi connectivity index (χ1n) is 4.54. The first kappa shape index (κ1) is 9.96. The predicted molar refractivity (Wildman–Crippen MR) is 51.7 cm³/mol. The van der Waals surface area contributed by atoms with E-state index in [1.54, 1.807) is 10.9 Å². The lowest BCUT2D eigenvalue weighted by atomic mass is 10.0. The number of rotatable bonds is 3. The van der Waals surface area contributed by atoms with Gasteiger partial charge in [0, 0.05) is 19.7 Å². The first-order valence-corrected chi connectivity index (χ1v) is 4.54. The molecule has 13 heavy (non-hydrogen) atoms. The topological polar surface area (TPSA) is 34.9 Å². The minimum Gasteiger partial charge on any atom is -0.294 e. The molecule has 0 aliphatic heterocycles. The number of ketones is 1. The smallest absolute Gasteiger partial charge is 0.166 e. The van der Waals surface area contributed by atoms with E-state index in [0.717, 1.165) is 11.3 Å². The van der Waals surface area contributed by atoms with Crippen LogP contribution in [0, 0.1) is 12.8 Å². The summed E-state index contributed by atoms with van der Waals surface area (Å²) in [7, 11) is 1.83. The molecule has 3 nitrogen and oxygen atoms in total. The molecule has 0 saturated carbocycles. The molecule has 0 aromatic carbocycles. The van der Waals surface area contributed by atoms with Crippen LogP contribution in [0.25, 0.3) is 0 Å². The number of aryl methyl sites for hydroxylation is 2. The minimum atomic E-state index is 0.195. The van der Waals surface area contributed by atoms with Gasteiger partial charge >= 0.3 is 0 Å². The van der Waals surface area contributed by atoms with Gasteiger partial charge in [0.1, 0.15) is 0 Å². The Kier molecular flexibility index (Phi) is 2.86. The molecule has 0 aliphatic carbocycles. The Morgan fingerprint density at radius 1 is 1.62 bits per heavy atom. The molecule has 1 aromatic heterocycles. The van der Waals surface area contributed by atoms with Crippen LogP contribution in [0.5, 0.6) is 0 Å². The van der Waals surface area contributed by atoms with Gasteiger partial charge in [-0.2, -0.15) is 5.10 Å². The molecule has 0 atom stereocenters. The van der Waals surface area contributed by atoms with Crippen LogP contribution >= 0.6 is 0 Å². The van der Waals surface area contributed by atoms with Gasteiger partial charge < -0.3 is 0 Å². The Morgan fingerprint density at radius 3 is 2.62 bits per heavy atom. The molecule has 0 saturated heterocycles. The molecule has 0 bridgehead atoms. The van der Waals surface area contributed by atoms with Crippen molar-refractivity contribution in [3.63, 3.8) is 0 Å². The lowest BCUT2D eigenvalue weighted by Gasteiger charge is -2.01. The molecule has 1 aromatic rings. The number of aromatic nitrogens is 2. The van der Waals surface area contributed by atoms with Gasteiger partial charge in [0.2, 0.25) is 0 Å². The summed E-state index contributed by atoms with van der Waals surface area (Å²) < 4.78 is 1.68. The Labute approximate surface area is 78.8 Å². The third-order valence-electron chi connectivity index (χ3n) is 1.91. The molecule has 0 amide bonds. The zero-order valence-electron chi connectivity index (χ0n) is 8.66. The number of carbonyl (C=O) groups excluding carboxylic acids is 1. The summed E-state index contributed by atoms with van der Waals surface area (Å²) in [6, 6.07) is 0. The van der Waals surface area contributed by atoms with Gasteiger partial charge in [0.25, 0.3) is 0 Å². The van der Waals surface area contributed by atoms with E-state index in [2.05, 4.69) is 5.10 Å². The third-order valence-corrected chi connectivity index (χ3v) is 1.91. The fourth-order valence-electron chi connectivity index (χ4n) is 1.35. The van der Waals surface area contributed by atoms with E-state index in [-0.39, 0.29) is 5.78 Å². The van der Waals surface area contributed by atoms with Crippen molar-refractivity contribution in [3.05, 3.63) is 17.5 Å². The van der Waals surface area contributed by atoms with Crippen LogP contribution in [0.2, 0.25) is 0 Å². The zero-order valence-corrected chi connectivity index (χ0v) is 8.66. The maximum atomic E-state index is 11.6. The quantitative estimate of drug-likeness (QED) is 0.666. The van der Waals surface area contributed by atoms with Crippen LogP contribution in [0.3, 0.4) is 0 Å². The van der Waals surface area contributed by atoms with Gasteiger partial charge in [-0.3, -0.25) is 9.48 Å². The second kappa shape index (κ2) is 3.73. The Hall–Kier alpha value is -1.12. The molecule has 0 aliphatic rings. The van der Waals surface area contributed by atoms with E-state index in [1.807, 2.05) is 27.8 Å². The van der Waals surface area contributed by atoms with E-state index in [0.29, 0.717) is 12.3 Å². The van der Waals surface area contributed by atoms with Crippen molar-refractivity contribution in [2.75, 3.05) is 0 Å². The molecular formula is C10H16N2O. The summed E-state index contributed by atoms with van der Waals surface area (Å²) >= 11 is 0. The number of carbonyl (C=O) groups is 1. The number of Topliss-reactive ketones (excluding diaryl/α,β-unsaturated/α-hetero) is 1. The Balaban J connectivity index is 2.82. The molecular weight excluding hydrogens is 164 g/mol. The number of nitrogens with zero attached hydrogens (tertiary/aromatic N) is 2. The van der Waals surface area contributed by atoms with Gasteiger partial charge in [0.05, 0.1) is 11.3 Å². The van der Waals surface area contributed by atoms with E-state index < -0.39 is 0 Å². The van der Waals surface area contributed by atoms with E-state index in [9.17, 15) is 4.79 Å². The summed E-state index contributed by atoms with van der Waals surface area (Å²) in [4.78, 5) is 11.6. The standard InChI is InChI=1S/C10H16N2O/c1-7(2)5-10(13)9-6-12(4)11-8(9)3/h6-7H,5H2,1-4H3. The van der Waals surface area contributed by atoms with Gasteiger partial charge in [-0.05, 0) is 12.8 Å².